The zero-order valence-corrected chi connectivity index (χ0v) is 17.3. The molecule has 1 fully saturated rings. The third-order valence-corrected chi connectivity index (χ3v) is 6.80. The molecule has 3 heterocycles. The molecule has 29 heavy (non-hydrogen) atoms. The highest BCUT2D eigenvalue weighted by atomic mass is 16.1. The van der Waals surface area contributed by atoms with Gasteiger partial charge in [-0.25, -0.2) is 0 Å². The monoisotopic (exact) mass is 390 g/mol. The Morgan fingerprint density at radius 1 is 1.10 bits per heavy atom. The van der Waals surface area contributed by atoms with Crippen molar-refractivity contribution >= 4 is 11.0 Å². The minimum Gasteiger partial charge on any atom is -0.307 e. The molecule has 1 unspecified atom stereocenters. The lowest BCUT2D eigenvalue weighted by Gasteiger charge is -2.32. The summed E-state index contributed by atoms with van der Waals surface area (Å²) in [5.74, 6) is 0.445. The maximum Gasteiger partial charge on any atom is 0.253 e. The van der Waals surface area contributed by atoms with E-state index in [0.717, 1.165) is 50.0 Å². The highest BCUT2D eigenvalue weighted by Crippen LogP contribution is 2.35. The molecular formula is C24H30N4O. The molecule has 1 aromatic carbocycles. The van der Waals surface area contributed by atoms with E-state index in [0.29, 0.717) is 5.92 Å². The van der Waals surface area contributed by atoms with Gasteiger partial charge < -0.3 is 9.88 Å². The molecule has 2 aliphatic rings. The van der Waals surface area contributed by atoms with Gasteiger partial charge in [0, 0.05) is 37.0 Å². The number of rotatable bonds is 4. The van der Waals surface area contributed by atoms with Crippen molar-refractivity contribution in [2.24, 2.45) is 7.05 Å². The predicted octanol–water partition coefficient (Wildman–Crippen LogP) is 3.56. The Morgan fingerprint density at radius 2 is 1.90 bits per heavy atom. The number of nitrogens with one attached hydrogen (secondary N) is 1. The van der Waals surface area contributed by atoms with Crippen molar-refractivity contribution in [1.29, 1.82) is 0 Å². The number of piperidine rings is 1. The molecule has 0 spiro atoms. The number of aryl methyl sites for hydroxylation is 2. The fourth-order valence-corrected chi connectivity index (χ4v) is 5.30. The lowest BCUT2D eigenvalue weighted by atomic mass is 9.86. The molecule has 152 valence electrons. The summed E-state index contributed by atoms with van der Waals surface area (Å²) in [6.07, 6.45) is 7.70. The largest absolute Gasteiger partial charge is 0.307 e. The Bertz CT molecular complexity index is 1070. The van der Waals surface area contributed by atoms with Crippen LogP contribution in [-0.2, 0) is 26.3 Å². The first-order valence-corrected chi connectivity index (χ1v) is 11.1. The topological polar surface area (TPSA) is 53.9 Å². The van der Waals surface area contributed by atoms with Crippen molar-refractivity contribution in [3.63, 3.8) is 0 Å². The number of nitrogens with zero attached hydrogens (tertiary/aromatic N) is 3. The van der Waals surface area contributed by atoms with Crippen molar-refractivity contribution in [3.05, 3.63) is 63.1 Å². The van der Waals surface area contributed by atoms with Gasteiger partial charge in [-0.2, -0.15) is 5.10 Å². The number of benzene rings is 1. The molecule has 0 amide bonds. The van der Waals surface area contributed by atoms with Crippen LogP contribution in [-0.4, -0.2) is 39.3 Å². The van der Waals surface area contributed by atoms with Crippen LogP contribution in [0.2, 0.25) is 0 Å². The lowest BCUT2D eigenvalue weighted by molar-refractivity contribution is 0.208. The van der Waals surface area contributed by atoms with Gasteiger partial charge in [-0.1, -0.05) is 30.3 Å². The summed E-state index contributed by atoms with van der Waals surface area (Å²) >= 11 is 0. The molecule has 0 saturated carbocycles. The summed E-state index contributed by atoms with van der Waals surface area (Å²) in [6.45, 7) is 3.33. The van der Waals surface area contributed by atoms with Crippen LogP contribution < -0.4 is 5.56 Å². The van der Waals surface area contributed by atoms with Crippen LogP contribution >= 0.6 is 0 Å². The summed E-state index contributed by atoms with van der Waals surface area (Å²) in [5.41, 5.74) is 5.90. The van der Waals surface area contributed by atoms with E-state index >= 15 is 0 Å². The summed E-state index contributed by atoms with van der Waals surface area (Å²) in [6, 6.07) is 10.8. The van der Waals surface area contributed by atoms with E-state index in [4.69, 9.17) is 5.10 Å². The smallest absolute Gasteiger partial charge is 0.253 e. The van der Waals surface area contributed by atoms with Crippen molar-refractivity contribution < 1.29 is 0 Å². The lowest BCUT2D eigenvalue weighted by Crippen LogP contribution is -2.36. The van der Waals surface area contributed by atoms with Crippen molar-refractivity contribution in [2.75, 3.05) is 19.6 Å². The fourth-order valence-electron chi connectivity index (χ4n) is 5.30. The van der Waals surface area contributed by atoms with Crippen LogP contribution in [0.1, 0.15) is 54.0 Å². The van der Waals surface area contributed by atoms with Crippen LogP contribution in [0.4, 0.5) is 0 Å². The Balaban J connectivity index is 1.43. The Hall–Kier alpha value is -2.40. The molecule has 5 nitrogen and oxygen atoms in total. The van der Waals surface area contributed by atoms with Gasteiger partial charge in [0.05, 0.1) is 5.69 Å². The van der Waals surface area contributed by atoms with E-state index in [1.165, 1.54) is 48.0 Å². The molecule has 5 heteroatoms. The maximum absolute atomic E-state index is 12.6. The Morgan fingerprint density at radius 3 is 2.72 bits per heavy atom. The second-order valence-corrected chi connectivity index (χ2v) is 8.73. The summed E-state index contributed by atoms with van der Waals surface area (Å²) in [4.78, 5) is 18.3. The third-order valence-electron chi connectivity index (χ3n) is 6.80. The van der Waals surface area contributed by atoms with E-state index in [1.54, 1.807) is 0 Å². The second-order valence-electron chi connectivity index (χ2n) is 8.73. The van der Waals surface area contributed by atoms with Gasteiger partial charge in [-0.15, -0.1) is 0 Å². The first-order valence-electron chi connectivity index (χ1n) is 11.1. The molecule has 0 radical (unpaired) electrons. The first-order chi connectivity index (χ1) is 14.2. The van der Waals surface area contributed by atoms with Gasteiger partial charge in [0.15, 0.2) is 0 Å². The second kappa shape index (κ2) is 7.79. The molecule has 1 aliphatic heterocycles. The number of H-pyrrole nitrogens is 1. The molecule has 1 atom stereocenters. The third kappa shape index (κ3) is 3.52. The number of aromatic amines is 1. The minimum atomic E-state index is 0.0925. The SMILES string of the molecule is Cn1nc(C2CCCN(CCc3ccccc3)C2)c2c3c(c(=O)[nH]c21)CCCC3. The normalized spacial score (nSPS) is 20.1. The molecule has 5 rings (SSSR count). The van der Waals surface area contributed by atoms with Gasteiger partial charge in [-0.3, -0.25) is 9.48 Å². The van der Waals surface area contributed by atoms with Crippen LogP contribution in [0.15, 0.2) is 35.1 Å². The number of hydrogen-bond acceptors (Lipinski definition) is 3. The summed E-state index contributed by atoms with van der Waals surface area (Å²) < 4.78 is 1.89. The van der Waals surface area contributed by atoms with Crippen LogP contribution in [0.5, 0.6) is 0 Å². The Labute approximate surface area is 171 Å². The van der Waals surface area contributed by atoms with Crippen molar-refractivity contribution in [3.8, 4) is 0 Å². The van der Waals surface area contributed by atoms with Crippen LogP contribution in [0.25, 0.3) is 11.0 Å². The first kappa shape index (κ1) is 18.6. The molecule has 1 aliphatic carbocycles. The fraction of sp³-hybridized carbons (Fsp3) is 0.500. The van der Waals surface area contributed by atoms with Gasteiger partial charge in [-0.05, 0) is 62.6 Å². The number of likely N-dealkylation sites (tertiary alicyclic amines) is 1. The molecule has 2 aromatic heterocycles. The molecule has 0 bridgehead atoms. The van der Waals surface area contributed by atoms with Gasteiger partial charge in [0.2, 0.25) is 0 Å². The molecule has 1 saturated heterocycles. The van der Waals surface area contributed by atoms with E-state index < -0.39 is 0 Å². The Kier molecular flexibility index (Phi) is 5.00. The van der Waals surface area contributed by atoms with E-state index in [-0.39, 0.29) is 5.56 Å². The van der Waals surface area contributed by atoms with Crippen molar-refractivity contribution in [1.82, 2.24) is 19.7 Å². The molecule has 1 N–H and O–H groups in total. The highest BCUT2D eigenvalue weighted by Gasteiger charge is 2.29. The van der Waals surface area contributed by atoms with Gasteiger partial charge in [0.1, 0.15) is 5.65 Å². The van der Waals surface area contributed by atoms with E-state index in [1.807, 2.05) is 11.7 Å². The van der Waals surface area contributed by atoms with E-state index in [2.05, 4.69) is 40.2 Å². The minimum absolute atomic E-state index is 0.0925. The van der Waals surface area contributed by atoms with Crippen LogP contribution in [0.3, 0.4) is 0 Å². The predicted molar refractivity (Wildman–Crippen MR) is 117 cm³/mol. The summed E-state index contributed by atoms with van der Waals surface area (Å²) in [7, 11) is 1.97. The average molecular weight is 391 g/mol. The highest BCUT2D eigenvalue weighted by molar-refractivity contribution is 5.84. The van der Waals surface area contributed by atoms with Gasteiger partial charge in [0.25, 0.3) is 5.56 Å². The molecule has 3 aromatic rings. The maximum atomic E-state index is 12.6. The van der Waals surface area contributed by atoms with Crippen molar-refractivity contribution in [2.45, 2.75) is 50.9 Å². The summed E-state index contributed by atoms with van der Waals surface area (Å²) in [5, 5.41) is 6.18. The quantitative estimate of drug-likeness (QED) is 0.741. The average Bonchev–Trinajstić information content (AvgIpc) is 3.10. The number of hydrogen-bond donors (Lipinski definition) is 1. The zero-order chi connectivity index (χ0) is 19.8. The number of pyridine rings is 1. The van der Waals surface area contributed by atoms with E-state index in [9.17, 15) is 4.79 Å². The number of fused-ring (bicyclic) bond motifs is 3. The van der Waals surface area contributed by atoms with Gasteiger partial charge >= 0.3 is 0 Å². The zero-order valence-electron chi connectivity index (χ0n) is 17.3. The number of aromatic nitrogens is 3. The molecular weight excluding hydrogens is 360 g/mol. The van der Waals surface area contributed by atoms with Crippen LogP contribution in [0, 0.1) is 0 Å². The standard InChI is InChI=1S/C24H30N4O/c1-27-23-21(19-11-5-6-12-20(19)24(29)25-23)22(26-27)18-10-7-14-28(16-18)15-13-17-8-3-2-4-9-17/h2-4,8-9,18H,5-7,10-16H2,1H3,(H,25,29).